The summed E-state index contributed by atoms with van der Waals surface area (Å²) in [6, 6.07) is 10.6. The van der Waals surface area contributed by atoms with E-state index in [-0.39, 0.29) is 5.91 Å². The van der Waals surface area contributed by atoms with Crippen LogP contribution in [-0.2, 0) is 13.6 Å². The Morgan fingerprint density at radius 1 is 1.21 bits per heavy atom. The molecule has 0 aliphatic heterocycles. The summed E-state index contributed by atoms with van der Waals surface area (Å²) in [7, 11) is 1.78. The Morgan fingerprint density at radius 3 is 2.67 bits per heavy atom. The number of carbonyl (C=O) groups excluding carboxylic acids is 2. The molecule has 0 fully saturated rings. The number of hydrogen-bond acceptors (Lipinski definition) is 3. The van der Waals surface area contributed by atoms with Crippen LogP contribution < -0.4 is 11.1 Å². The highest BCUT2D eigenvalue weighted by molar-refractivity contribution is 5.97. The zero-order chi connectivity index (χ0) is 17.1. The molecule has 7 heteroatoms. The van der Waals surface area contributed by atoms with Crippen molar-refractivity contribution in [2.24, 2.45) is 12.8 Å². The summed E-state index contributed by atoms with van der Waals surface area (Å²) in [6.45, 7) is 0.292. The number of hydrogen-bond donors (Lipinski definition) is 2. The monoisotopic (exact) mass is 323 g/mol. The molecular weight excluding hydrogens is 306 g/mol. The van der Waals surface area contributed by atoms with Gasteiger partial charge in [0.1, 0.15) is 11.4 Å². The van der Waals surface area contributed by atoms with Crippen LogP contribution in [0.2, 0.25) is 0 Å². The molecule has 3 rings (SSSR count). The largest absolute Gasteiger partial charge is 0.366 e. The van der Waals surface area contributed by atoms with Gasteiger partial charge in [-0.1, -0.05) is 12.1 Å². The molecule has 0 aliphatic carbocycles. The minimum atomic E-state index is -0.495. The van der Waals surface area contributed by atoms with Crippen LogP contribution in [0, 0.1) is 0 Å². The third-order valence-electron chi connectivity index (χ3n) is 3.67. The molecule has 0 saturated carbocycles. The number of nitrogens with two attached hydrogens (primary N) is 1. The van der Waals surface area contributed by atoms with E-state index in [0.717, 1.165) is 5.56 Å². The van der Waals surface area contributed by atoms with Gasteiger partial charge in [-0.2, -0.15) is 5.10 Å². The van der Waals surface area contributed by atoms with Crippen LogP contribution in [0.5, 0.6) is 0 Å². The van der Waals surface area contributed by atoms with Crippen LogP contribution in [-0.4, -0.2) is 26.2 Å². The van der Waals surface area contributed by atoms with Gasteiger partial charge in [0.15, 0.2) is 0 Å². The van der Waals surface area contributed by atoms with E-state index in [1.807, 2.05) is 35.2 Å². The molecule has 3 aromatic rings. The quantitative estimate of drug-likeness (QED) is 0.739. The van der Waals surface area contributed by atoms with Crippen LogP contribution in [0.15, 0.2) is 55.0 Å². The van der Waals surface area contributed by atoms with Crippen molar-refractivity contribution < 1.29 is 9.59 Å². The number of primary amides is 1. The summed E-state index contributed by atoms with van der Waals surface area (Å²) >= 11 is 0. The summed E-state index contributed by atoms with van der Waals surface area (Å²) in [5.41, 5.74) is 6.95. The Labute approximate surface area is 138 Å². The second-order valence-corrected chi connectivity index (χ2v) is 5.34. The summed E-state index contributed by atoms with van der Waals surface area (Å²) in [6.07, 6.45) is 5.23. The second-order valence-electron chi connectivity index (χ2n) is 5.34. The Hall–Kier alpha value is -3.35. The third kappa shape index (κ3) is 3.05. The van der Waals surface area contributed by atoms with Gasteiger partial charge in [-0.05, 0) is 29.8 Å². The molecule has 2 amide bonds. The number of aryl methyl sites for hydroxylation is 1. The second kappa shape index (κ2) is 6.41. The lowest BCUT2D eigenvalue weighted by molar-refractivity contribution is 0.0950. The van der Waals surface area contributed by atoms with Crippen molar-refractivity contribution in [2.75, 3.05) is 0 Å². The summed E-state index contributed by atoms with van der Waals surface area (Å²) in [5.74, 6) is -0.0509. The number of rotatable bonds is 5. The molecule has 7 nitrogen and oxygen atoms in total. The van der Waals surface area contributed by atoms with Gasteiger partial charge >= 0.3 is 0 Å². The van der Waals surface area contributed by atoms with Crippen LogP contribution >= 0.6 is 0 Å². The minimum Gasteiger partial charge on any atom is -0.366 e. The lowest BCUT2D eigenvalue weighted by Gasteiger charge is -2.09. The van der Waals surface area contributed by atoms with Crippen LogP contribution in [0.4, 0.5) is 0 Å². The van der Waals surface area contributed by atoms with Gasteiger partial charge in [-0.25, -0.2) is 0 Å². The van der Waals surface area contributed by atoms with Gasteiger partial charge in [-0.3, -0.25) is 14.3 Å². The van der Waals surface area contributed by atoms with Gasteiger partial charge in [-0.15, -0.1) is 0 Å². The number of benzene rings is 1. The molecule has 0 aliphatic rings. The highest BCUT2D eigenvalue weighted by Crippen LogP contribution is 2.14. The van der Waals surface area contributed by atoms with Crippen molar-refractivity contribution in [2.45, 2.75) is 6.54 Å². The van der Waals surface area contributed by atoms with Crippen molar-refractivity contribution in [3.05, 3.63) is 71.7 Å². The lowest BCUT2D eigenvalue weighted by Crippen LogP contribution is -2.24. The number of carbonyl (C=O) groups is 2. The average Bonchev–Trinajstić information content (AvgIpc) is 3.22. The smallest absolute Gasteiger partial charge is 0.256 e. The van der Waals surface area contributed by atoms with E-state index in [4.69, 9.17) is 5.73 Å². The Bertz CT molecular complexity index is 880. The Balaban J connectivity index is 1.77. The van der Waals surface area contributed by atoms with E-state index in [0.29, 0.717) is 23.5 Å². The topological polar surface area (TPSA) is 94.9 Å². The van der Waals surface area contributed by atoms with Gasteiger partial charge in [0.25, 0.3) is 5.91 Å². The SMILES string of the molecule is Cn1ncc(C(=O)NCc2cccc(C(N)=O)c2)c1-n1cccc1. The summed E-state index contributed by atoms with van der Waals surface area (Å²) in [4.78, 5) is 23.7. The van der Waals surface area contributed by atoms with E-state index in [1.165, 1.54) is 6.20 Å². The number of aromatic nitrogens is 3. The van der Waals surface area contributed by atoms with E-state index in [2.05, 4.69) is 10.4 Å². The summed E-state index contributed by atoms with van der Waals surface area (Å²) in [5, 5.41) is 7.00. The first kappa shape index (κ1) is 15.5. The maximum Gasteiger partial charge on any atom is 0.256 e. The Kier molecular flexibility index (Phi) is 4.15. The molecule has 0 atom stereocenters. The van der Waals surface area contributed by atoms with Crippen LogP contribution in [0.3, 0.4) is 0 Å². The van der Waals surface area contributed by atoms with Crippen molar-refractivity contribution in [3.8, 4) is 5.82 Å². The van der Waals surface area contributed by atoms with Gasteiger partial charge < -0.3 is 15.6 Å². The zero-order valence-electron chi connectivity index (χ0n) is 13.1. The molecular formula is C17H17N5O2. The first-order valence-electron chi connectivity index (χ1n) is 7.38. The predicted molar refractivity (Wildman–Crippen MR) is 88.7 cm³/mol. The molecule has 2 heterocycles. The van der Waals surface area contributed by atoms with Gasteiger partial charge in [0, 0.05) is 31.5 Å². The van der Waals surface area contributed by atoms with Crippen LogP contribution in [0.25, 0.3) is 5.82 Å². The highest BCUT2D eigenvalue weighted by Gasteiger charge is 2.17. The zero-order valence-corrected chi connectivity index (χ0v) is 13.1. The predicted octanol–water partition coefficient (Wildman–Crippen LogP) is 1.24. The molecule has 2 aromatic heterocycles. The fourth-order valence-corrected chi connectivity index (χ4v) is 2.49. The van der Waals surface area contributed by atoms with Crippen molar-refractivity contribution in [3.63, 3.8) is 0 Å². The standard InChI is InChI=1S/C17H17N5O2/c1-21-17(22-7-2-3-8-22)14(11-20-21)16(24)19-10-12-5-4-6-13(9-12)15(18)23/h2-9,11H,10H2,1H3,(H2,18,23)(H,19,24). The molecule has 0 radical (unpaired) electrons. The number of nitrogens with zero attached hydrogens (tertiary/aromatic N) is 3. The van der Waals surface area contributed by atoms with Crippen LogP contribution in [0.1, 0.15) is 26.3 Å². The lowest BCUT2D eigenvalue weighted by atomic mass is 10.1. The van der Waals surface area contributed by atoms with Crippen molar-refractivity contribution >= 4 is 11.8 Å². The maximum atomic E-state index is 12.5. The van der Waals surface area contributed by atoms with Crippen molar-refractivity contribution in [1.29, 1.82) is 0 Å². The van der Waals surface area contributed by atoms with Gasteiger partial charge in [0.05, 0.1) is 6.20 Å². The maximum absolute atomic E-state index is 12.5. The molecule has 1 aromatic carbocycles. The molecule has 122 valence electrons. The van der Waals surface area contributed by atoms with E-state index in [9.17, 15) is 9.59 Å². The average molecular weight is 323 g/mol. The molecule has 24 heavy (non-hydrogen) atoms. The number of amides is 2. The molecule has 0 spiro atoms. The van der Waals surface area contributed by atoms with E-state index >= 15 is 0 Å². The fraction of sp³-hybridized carbons (Fsp3) is 0.118. The summed E-state index contributed by atoms with van der Waals surface area (Å²) < 4.78 is 3.47. The normalized spacial score (nSPS) is 10.5. The minimum absolute atomic E-state index is 0.240. The van der Waals surface area contributed by atoms with E-state index in [1.54, 1.807) is 29.9 Å². The molecule has 0 bridgehead atoms. The number of nitrogens with one attached hydrogen (secondary N) is 1. The van der Waals surface area contributed by atoms with Crippen molar-refractivity contribution in [1.82, 2.24) is 19.7 Å². The first-order valence-corrected chi connectivity index (χ1v) is 7.38. The molecule has 3 N–H and O–H groups in total. The van der Waals surface area contributed by atoms with E-state index < -0.39 is 5.91 Å². The Morgan fingerprint density at radius 2 is 1.96 bits per heavy atom. The molecule has 0 unspecified atom stereocenters. The first-order chi connectivity index (χ1) is 11.6. The molecule has 0 saturated heterocycles. The third-order valence-corrected chi connectivity index (χ3v) is 3.67. The fourth-order valence-electron chi connectivity index (χ4n) is 2.49. The highest BCUT2D eigenvalue weighted by atomic mass is 16.2. The van der Waals surface area contributed by atoms with Gasteiger partial charge in [0.2, 0.25) is 5.91 Å².